The Morgan fingerprint density at radius 2 is 2.21 bits per heavy atom. The summed E-state index contributed by atoms with van der Waals surface area (Å²) in [5.74, 6) is 0.206. The Hall–Kier alpha value is -0.860. The van der Waals surface area contributed by atoms with E-state index in [1.165, 1.54) is 19.2 Å². The Labute approximate surface area is 116 Å². The third-order valence-electron chi connectivity index (χ3n) is 2.90. The second kappa shape index (κ2) is 5.64. The van der Waals surface area contributed by atoms with Crippen LogP contribution in [0.1, 0.15) is 0 Å². The van der Waals surface area contributed by atoms with Crippen molar-refractivity contribution in [2.24, 2.45) is 0 Å². The molecule has 0 spiro atoms. The van der Waals surface area contributed by atoms with E-state index in [0.29, 0.717) is 18.1 Å². The largest absolute Gasteiger partial charge is 0.495 e. The van der Waals surface area contributed by atoms with Crippen LogP contribution in [-0.2, 0) is 10.0 Å². The van der Waals surface area contributed by atoms with Crippen LogP contribution in [0.2, 0.25) is 5.02 Å². The van der Waals surface area contributed by atoms with Crippen molar-refractivity contribution in [3.8, 4) is 5.75 Å². The van der Waals surface area contributed by atoms with Gasteiger partial charge >= 0.3 is 0 Å². The average Bonchev–Trinajstić information content (AvgIpc) is 2.74. The minimum Gasteiger partial charge on any atom is -0.495 e. The average molecular weight is 307 g/mol. The van der Waals surface area contributed by atoms with Crippen LogP contribution < -0.4 is 14.8 Å². The first kappa shape index (κ1) is 14.5. The number of methoxy groups -OCH3 is 1. The van der Waals surface area contributed by atoms with E-state index in [0.717, 1.165) is 0 Å². The lowest BCUT2D eigenvalue weighted by Crippen LogP contribution is -2.42. The molecule has 1 fully saturated rings. The topological polar surface area (TPSA) is 87.7 Å². The van der Waals surface area contributed by atoms with Crippen molar-refractivity contribution >= 4 is 21.6 Å². The van der Waals surface area contributed by atoms with Crippen LogP contribution in [0.4, 0.5) is 0 Å². The molecule has 0 amide bonds. The lowest BCUT2D eigenvalue weighted by Gasteiger charge is -2.17. The maximum atomic E-state index is 12.3. The van der Waals surface area contributed by atoms with Crippen molar-refractivity contribution < 1.29 is 18.3 Å². The molecule has 0 radical (unpaired) electrons. The summed E-state index contributed by atoms with van der Waals surface area (Å²) in [6.45, 7) is 0.739. The number of ether oxygens (including phenoxy) is 1. The van der Waals surface area contributed by atoms with Gasteiger partial charge in [0.2, 0.25) is 10.0 Å². The summed E-state index contributed by atoms with van der Waals surface area (Å²) in [6.07, 6.45) is -0.750. The Morgan fingerprint density at radius 1 is 1.47 bits per heavy atom. The zero-order valence-electron chi connectivity index (χ0n) is 10.3. The van der Waals surface area contributed by atoms with E-state index in [2.05, 4.69) is 10.0 Å². The number of benzene rings is 1. The molecule has 0 unspecified atom stereocenters. The van der Waals surface area contributed by atoms with Gasteiger partial charge in [-0.1, -0.05) is 11.6 Å². The van der Waals surface area contributed by atoms with Gasteiger partial charge in [0.1, 0.15) is 10.6 Å². The molecular formula is C11H15ClN2O4S. The summed E-state index contributed by atoms with van der Waals surface area (Å²) in [7, 11) is -2.42. The van der Waals surface area contributed by atoms with Crippen molar-refractivity contribution in [2.45, 2.75) is 17.0 Å². The van der Waals surface area contributed by atoms with Gasteiger partial charge in [-0.2, -0.15) is 0 Å². The molecule has 0 aliphatic carbocycles. The van der Waals surface area contributed by atoms with Crippen LogP contribution in [0.5, 0.6) is 5.75 Å². The normalized spacial score (nSPS) is 23.5. The van der Waals surface area contributed by atoms with Gasteiger partial charge in [0.15, 0.2) is 0 Å². The highest BCUT2D eigenvalue weighted by atomic mass is 35.5. The highest BCUT2D eigenvalue weighted by Crippen LogP contribution is 2.27. The summed E-state index contributed by atoms with van der Waals surface area (Å²) in [5.41, 5.74) is 0. The van der Waals surface area contributed by atoms with Crippen LogP contribution >= 0.6 is 11.6 Å². The number of aliphatic hydroxyl groups excluding tert-OH is 1. The summed E-state index contributed by atoms with van der Waals surface area (Å²) < 4.78 is 32.0. The number of aliphatic hydroxyl groups is 1. The van der Waals surface area contributed by atoms with Crippen LogP contribution in [0.25, 0.3) is 0 Å². The molecule has 6 nitrogen and oxygen atoms in total. The predicted octanol–water partition coefficient (Wildman–Crippen LogP) is -0.0404. The third-order valence-corrected chi connectivity index (χ3v) is 4.65. The molecule has 0 saturated carbocycles. The molecule has 2 atom stereocenters. The maximum Gasteiger partial charge on any atom is 0.244 e. The van der Waals surface area contributed by atoms with Gasteiger partial charge in [-0.3, -0.25) is 0 Å². The van der Waals surface area contributed by atoms with Gasteiger partial charge in [-0.25, -0.2) is 13.1 Å². The fourth-order valence-electron chi connectivity index (χ4n) is 1.91. The van der Waals surface area contributed by atoms with E-state index >= 15 is 0 Å². The Balaban J connectivity index is 2.31. The minimum absolute atomic E-state index is 0.0402. The molecule has 0 aromatic heterocycles. The van der Waals surface area contributed by atoms with Gasteiger partial charge in [-0.15, -0.1) is 0 Å². The van der Waals surface area contributed by atoms with E-state index < -0.39 is 22.2 Å². The van der Waals surface area contributed by atoms with Crippen molar-refractivity contribution in [2.75, 3.05) is 20.2 Å². The SMILES string of the molecule is COc1ccc(Cl)cc1S(=O)(=O)N[C@@H]1CNC[C@H]1O. The number of hydrogen-bond donors (Lipinski definition) is 3. The predicted molar refractivity (Wildman–Crippen MR) is 71.0 cm³/mol. The quantitative estimate of drug-likeness (QED) is 0.726. The lowest BCUT2D eigenvalue weighted by molar-refractivity contribution is 0.172. The molecular weight excluding hydrogens is 292 g/mol. The van der Waals surface area contributed by atoms with Crippen molar-refractivity contribution in [1.29, 1.82) is 0 Å². The van der Waals surface area contributed by atoms with Crippen LogP contribution in [0.3, 0.4) is 0 Å². The van der Waals surface area contributed by atoms with Gasteiger partial charge in [-0.05, 0) is 18.2 Å². The Bertz CT molecular complexity index is 564. The monoisotopic (exact) mass is 306 g/mol. The summed E-state index contributed by atoms with van der Waals surface area (Å²) in [6, 6.07) is 3.79. The Morgan fingerprint density at radius 3 is 2.79 bits per heavy atom. The van der Waals surface area contributed by atoms with E-state index in [4.69, 9.17) is 16.3 Å². The number of β-amino-alcohol motifs (C(OH)–C–C–N with tert-alkyl or cyclic N) is 1. The summed E-state index contributed by atoms with van der Waals surface area (Å²) >= 11 is 5.82. The highest BCUT2D eigenvalue weighted by molar-refractivity contribution is 7.89. The molecule has 1 aliphatic rings. The van der Waals surface area contributed by atoms with E-state index in [9.17, 15) is 13.5 Å². The number of sulfonamides is 1. The zero-order chi connectivity index (χ0) is 14.0. The maximum absolute atomic E-state index is 12.3. The number of halogens is 1. The van der Waals surface area contributed by atoms with Gasteiger partial charge in [0.05, 0.1) is 19.3 Å². The molecule has 19 heavy (non-hydrogen) atoms. The molecule has 1 aromatic rings. The second-order valence-electron chi connectivity index (χ2n) is 4.25. The standard InChI is InChI=1S/C11H15ClN2O4S/c1-18-10-3-2-7(12)4-11(10)19(16,17)14-8-5-13-6-9(8)15/h2-4,8-9,13-15H,5-6H2,1H3/t8-,9-/m1/s1. The van der Waals surface area contributed by atoms with Crippen molar-refractivity contribution in [1.82, 2.24) is 10.0 Å². The lowest BCUT2D eigenvalue weighted by atomic mass is 10.2. The van der Waals surface area contributed by atoms with E-state index in [1.54, 1.807) is 6.07 Å². The van der Waals surface area contributed by atoms with E-state index in [1.807, 2.05) is 0 Å². The molecule has 2 rings (SSSR count). The van der Waals surface area contributed by atoms with Gasteiger partial charge in [0, 0.05) is 18.1 Å². The smallest absolute Gasteiger partial charge is 0.244 e. The fourth-order valence-corrected chi connectivity index (χ4v) is 3.61. The fraction of sp³-hybridized carbons (Fsp3) is 0.455. The van der Waals surface area contributed by atoms with Crippen LogP contribution in [0.15, 0.2) is 23.1 Å². The zero-order valence-corrected chi connectivity index (χ0v) is 11.8. The molecule has 1 aliphatic heterocycles. The molecule has 3 N–H and O–H groups in total. The Kier molecular flexibility index (Phi) is 4.32. The molecule has 106 valence electrons. The van der Waals surface area contributed by atoms with Crippen molar-refractivity contribution in [3.05, 3.63) is 23.2 Å². The van der Waals surface area contributed by atoms with Crippen LogP contribution in [0, 0.1) is 0 Å². The summed E-state index contributed by atoms with van der Waals surface area (Å²) in [5, 5.41) is 12.8. The first-order valence-corrected chi connectivity index (χ1v) is 7.55. The molecule has 1 aromatic carbocycles. The van der Waals surface area contributed by atoms with Gasteiger partial charge < -0.3 is 15.2 Å². The third kappa shape index (κ3) is 3.18. The number of nitrogens with one attached hydrogen (secondary N) is 2. The second-order valence-corrected chi connectivity index (χ2v) is 6.37. The van der Waals surface area contributed by atoms with Crippen molar-refractivity contribution in [3.63, 3.8) is 0 Å². The summed E-state index contributed by atoms with van der Waals surface area (Å²) in [4.78, 5) is -0.0402. The molecule has 0 bridgehead atoms. The van der Waals surface area contributed by atoms with Gasteiger partial charge in [0.25, 0.3) is 0 Å². The number of hydrogen-bond acceptors (Lipinski definition) is 5. The first-order valence-electron chi connectivity index (χ1n) is 5.68. The first-order chi connectivity index (χ1) is 8.94. The molecule has 1 heterocycles. The van der Waals surface area contributed by atoms with E-state index in [-0.39, 0.29) is 10.6 Å². The van der Waals surface area contributed by atoms with Crippen LogP contribution in [-0.4, -0.2) is 45.9 Å². The highest BCUT2D eigenvalue weighted by Gasteiger charge is 2.31. The molecule has 1 saturated heterocycles. The molecule has 8 heteroatoms. The number of rotatable bonds is 4. The minimum atomic E-state index is -3.80.